The molecule has 0 bridgehead atoms. The summed E-state index contributed by atoms with van der Waals surface area (Å²) in [4.78, 5) is 21.1. The Labute approximate surface area is 93.7 Å². The largest absolute Gasteiger partial charge is 0.480 e. The van der Waals surface area contributed by atoms with Crippen LogP contribution in [0, 0.1) is 0 Å². The third-order valence-electron chi connectivity index (χ3n) is 1.46. The van der Waals surface area contributed by atoms with E-state index >= 15 is 0 Å². The average molecular weight is 235 g/mol. The zero-order valence-electron chi connectivity index (χ0n) is 9.23. The van der Waals surface area contributed by atoms with Crippen LogP contribution in [0.2, 0.25) is 0 Å². The molecule has 16 heavy (non-hydrogen) atoms. The first-order valence-corrected chi connectivity index (χ1v) is 4.79. The molecule has 0 saturated carbocycles. The van der Waals surface area contributed by atoms with E-state index in [0.29, 0.717) is 13.2 Å². The number of carbonyl (C=O) groups excluding carboxylic acids is 1. The Hall–Kier alpha value is -1.18. The van der Waals surface area contributed by atoms with Crippen molar-refractivity contribution in [2.75, 3.05) is 46.7 Å². The van der Waals surface area contributed by atoms with Gasteiger partial charge in [0.05, 0.1) is 19.8 Å². The van der Waals surface area contributed by atoms with Gasteiger partial charge in [0.25, 0.3) is 0 Å². The monoisotopic (exact) mass is 235 g/mol. The molecule has 0 radical (unpaired) electrons. The number of carboxylic acids is 1. The predicted molar refractivity (Wildman–Crippen MR) is 54.2 cm³/mol. The highest BCUT2D eigenvalue weighted by Gasteiger charge is 2.01. The van der Waals surface area contributed by atoms with Gasteiger partial charge in [0.2, 0.25) is 5.91 Å². The van der Waals surface area contributed by atoms with Crippen molar-refractivity contribution >= 4 is 11.9 Å². The van der Waals surface area contributed by atoms with Crippen LogP contribution in [0.3, 0.4) is 0 Å². The van der Waals surface area contributed by atoms with Crippen LogP contribution in [0.25, 0.3) is 0 Å². The van der Waals surface area contributed by atoms with Gasteiger partial charge in [-0.2, -0.15) is 0 Å². The topological polar surface area (TPSA) is 94.1 Å². The van der Waals surface area contributed by atoms with Gasteiger partial charge in [-0.1, -0.05) is 0 Å². The van der Waals surface area contributed by atoms with Gasteiger partial charge in [-0.05, 0) is 0 Å². The first-order valence-electron chi connectivity index (χ1n) is 4.79. The Morgan fingerprint density at radius 1 is 1.12 bits per heavy atom. The minimum Gasteiger partial charge on any atom is -0.480 e. The molecule has 0 rings (SSSR count). The van der Waals surface area contributed by atoms with Crippen LogP contribution in [0.15, 0.2) is 0 Å². The summed E-state index contributed by atoms with van der Waals surface area (Å²) in [5.41, 5.74) is 0. The molecule has 0 aliphatic rings. The molecule has 7 nitrogen and oxygen atoms in total. The fourth-order valence-electron chi connectivity index (χ4n) is 0.780. The maximum atomic E-state index is 11.1. The summed E-state index contributed by atoms with van der Waals surface area (Å²) in [6.45, 7) is 0.826. The van der Waals surface area contributed by atoms with Gasteiger partial charge >= 0.3 is 5.97 Å². The number of carboxylic acid groups (broad SMARTS) is 1. The third kappa shape index (κ3) is 10.9. The molecule has 0 aromatic heterocycles. The number of carbonyl (C=O) groups is 2. The summed E-state index contributed by atoms with van der Waals surface area (Å²) >= 11 is 0. The number of methoxy groups -OCH3 is 1. The lowest BCUT2D eigenvalue weighted by molar-refractivity contribution is -0.142. The minimum absolute atomic E-state index is 0.0394. The van der Waals surface area contributed by atoms with E-state index in [1.165, 1.54) is 0 Å². The molecule has 0 aromatic rings. The smallest absolute Gasteiger partial charge is 0.329 e. The predicted octanol–water partition coefficient (Wildman–Crippen LogP) is -1.13. The van der Waals surface area contributed by atoms with Gasteiger partial charge in [0, 0.05) is 13.7 Å². The molecule has 2 N–H and O–H groups in total. The SMILES string of the molecule is COCCOCC(=O)NCCOCC(=O)O. The number of hydrogen-bond donors (Lipinski definition) is 2. The van der Waals surface area contributed by atoms with Crippen molar-refractivity contribution in [3.8, 4) is 0 Å². The lowest BCUT2D eigenvalue weighted by Gasteiger charge is -2.05. The quantitative estimate of drug-likeness (QED) is 0.465. The van der Waals surface area contributed by atoms with E-state index in [-0.39, 0.29) is 32.3 Å². The molecule has 0 atom stereocenters. The van der Waals surface area contributed by atoms with Crippen molar-refractivity contribution in [2.45, 2.75) is 0 Å². The number of amides is 1. The zero-order valence-corrected chi connectivity index (χ0v) is 9.23. The Kier molecular flexibility index (Phi) is 9.58. The van der Waals surface area contributed by atoms with Crippen molar-refractivity contribution in [1.82, 2.24) is 5.32 Å². The van der Waals surface area contributed by atoms with Crippen LogP contribution in [0.1, 0.15) is 0 Å². The van der Waals surface area contributed by atoms with E-state index in [0.717, 1.165) is 0 Å². The second kappa shape index (κ2) is 10.3. The number of hydrogen-bond acceptors (Lipinski definition) is 5. The molecule has 7 heteroatoms. The van der Waals surface area contributed by atoms with Gasteiger partial charge < -0.3 is 24.6 Å². The number of nitrogens with one attached hydrogen (secondary N) is 1. The van der Waals surface area contributed by atoms with Gasteiger partial charge in [0.1, 0.15) is 13.2 Å². The number of ether oxygens (including phenoxy) is 3. The molecule has 0 fully saturated rings. The first kappa shape index (κ1) is 14.8. The first-order chi connectivity index (χ1) is 7.66. The second-order valence-corrected chi connectivity index (χ2v) is 2.84. The summed E-state index contributed by atoms with van der Waals surface area (Å²) in [6, 6.07) is 0. The van der Waals surface area contributed by atoms with Crippen LogP contribution in [-0.2, 0) is 23.8 Å². The van der Waals surface area contributed by atoms with Crippen molar-refractivity contribution in [3.63, 3.8) is 0 Å². The van der Waals surface area contributed by atoms with E-state index in [1.807, 2.05) is 0 Å². The lowest BCUT2D eigenvalue weighted by atomic mass is 10.6. The second-order valence-electron chi connectivity index (χ2n) is 2.84. The van der Waals surface area contributed by atoms with E-state index in [4.69, 9.17) is 19.3 Å². The van der Waals surface area contributed by atoms with E-state index in [2.05, 4.69) is 5.32 Å². The van der Waals surface area contributed by atoms with Gasteiger partial charge in [-0.15, -0.1) is 0 Å². The summed E-state index contributed by atoms with van der Waals surface area (Å²) in [7, 11) is 1.54. The van der Waals surface area contributed by atoms with Crippen LogP contribution in [0.4, 0.5) is 0 Å². The van der Waals surface area contributed by atoms with Gasteiger partial charge in [-0.3, -0.25) is 4.79 Å². The number of aliphatic carboxylic acids is 1. The lowest BCUT2D eigenvalue weighted by Crippen LogP contribution is -2.31. The van der Waals surface area contributed by atoms with Crippen LogP contribution in [-0.4, -0.2) is 63.7 Å². The standard InChI is InChI=1S/C9H17NO6/c1-14-4-5-16-6-8(11)10-2-3-15-7-9(12)13/h2-7H2,1H3,(H,10,11)(H,12,13). The van der Waals surface area contributed by atoms with Crippen LogP contribution < -0.4 is 5.32 Å². The van der Waals surface area contributed by atoms with Gasteiger partial charge in [0.15, 0.2) is 0 Å². The van der Waals surface area contributed by atoms with E-state index in [1.54, 1.807) is 7.11 Å². The van der Waals surface area contributed by atoms with E-state index in [9.17, 15) is 9.59 Å². The van der Waals surface area contributed by atoms with Crippen molar-refractivity contribution in [1.29, 1.82) is 0 Å². The normalized spacial score (nSPS) is 10.1. The molecule has 0 saturated heterocycles. The summed E-state index contributed by atoms with van der Waals surface area (Å²) in [5.74, 6) is -1.30. The summed E-state index contributed by atoms with van der Waals surface area (Å²) in [6.07, 6.45) is 0. The average Bonchev–Trinajstić information content (AvgIpc) is 2.23. The Morgan fingerprint density at radius 3 is 2.44 bits per heavy atom. The Bertz CT molecular complexity index is 208. The number of rotatable bonds is 10. The molecule has 0 aliphatic heterocycles. The molecule has 0 aliphatic carbocycles. The van der Waals surface area contributed by atoms with Crippen molar-refractivity contribution in [3.05, 3.63) is 0 Å². The molecule has 0 unspecified atom stereocenters. The Morgan fingerprint density at radius 2 is 1.81 bits per heavy atom. The van der Waals surface area contributed by atoms with Crippen LogP contribution in [0.5, 0.6) is 0 Å². The molecule has 0 heterocycles. The maximum absolute atomic E-state index is 11.1. The van der Waals surface area contributed by atoms with Crippen LogP contribution >= 0.6 is 0 Å². The minimum atomic E-state index is -1.03. The highest BCUT2D eigenvalue weighted by molar-refractivity contribution is 5.77. The fourth-order valence-corrected chi connectivity index (χ4v) is 0.780. The fraction of sp³-hybridized carbons (Fsp3) is 0.778. The maximum Gasteiger partial charge on any atom is 0.329 e. The summed E-state index contributed by atoms with van der Waals surface area (Å²) < 4.78 is 14.4. The van der Waals surface area contributed by atoms with E-state index < -0.39 is 5.97 Å². The van der Waals surface area contributed by atoms with Crippen molar-refractivity contribution < 1.29 is 28.9 Å². The third-order valence-corrected chi connectivity index (χ3v) is 1.46. The highest BCUT2D eigenvalue weighted by Crippen LogP contribution is 1.78. The molecule has 94 valence electrons. The molecule has 1 amide bonds. The molecular weight excluding hydrogens is 218 g/mol. The van der Waals surface area contributed by atoms with Gasteiger partial charge in [-0.25, -0.2) is 4.79 Å². The molecular formula is C9H17NO6. The van der Waals surface area contributed by atoms with Crippen molar-refractivity contribution in [2.24, 2.45) is 0 Å². The summed E-state index contributed by atoms with van der Waals surface area (Å²) in [5, 5.41) is 10.8. The Balaban J connectivity index is 3.20. The highest BCUT2D eigenvalue weighted by atomic mass is 16.5. The molecule has 0 spiro atoms. The molecule has 0 aromatic carbocycles. The zero-order chi connectivity index (χ0) is 12.2.